The van der Waals surface area contributed by atoms with E-state index in [0.717, 1.165) is 12.8 Å². The summed E-state index contributed by atoms with van der Waals surface area (Å²) in [7, 11) is 0. The number of aliphatic carboxylic acids is 1. The third-order valence-electron chi connectivity index (χ3n) is 3.43. The molecule has 102 valence electrons. The van der Waals surface area contributed by atoms with Crippen LogP contribution >= 0.6 is 0 Å². The summed E-state index contributed by atoms with van der Waals surface area (Å²) in [6.45, 7) is 3.03. The molecule has 18 heavy (non-hydrogen) atoms. The van der Waals surface area contributed by atoms with E-state index in [9.17, 15) is 19.5 Å². The number of carboxylic acids is 1. The molecule has 1 atom stereocenters. The zero-order valence-corrected chi connectivity index (χ0v) is 10.8. The maximum Gasteiger partial charge on any atom is 0.311 e. The van der Waals surface area contributed by atoms with Gasteiger partial charge in [0.2, 0.25) is 11.8 Å². The second-order valence-corrected chi connectivity index (χ2v) is 4.93. The van der Waals surface area contributed by atoms with Gasteiger partial charge in [-0.05, 0) is 19.8 Å². The number of hydrogen-bond acceptors (Lipinski definition) is 3. The third kappa shape index (κ3) is 3.45. The summed E-state index contributed by atoms with van der Waals surface area (Å²) in [5, 5.41) is 14.3. The highest BCUT2D eigenvalue weighted by atomic mass is 16.4. The van der Waals surface area contributed by atoms with E-state index >= 15 is 0 Å². The summed E-state index contributed by atoms with van der Waals surface area (Å²) < 4.78 is 0. The summed E-state index contributed by atoms with van der Waals surface area (Å²) in [5.74, 6) is -1.49. The van der Waals surface area contributed by atoms with Crippen LogP contribution in [0.2, 0.25) is 0 Å². The first-order valence-corrected chi connectivity index (χ1v) is 6.15. The van der Waals surface area contributed by atoms with Crippen molar-refractivity contribution in [3.63, 3.8) is 0 Å². The van der Waals surface area contributed by atoms with Gasteiger partial charge in [-0.15, -0.1) is 0 Å². The van der Waals surface area contributed by atoms with E-state index in [1.807, 2.05) is 0 Å². The molecule has 1 saturated carbocycles. The first-order valence-electron chi connectivity index (χ1n) is 6.15. The Morgan fingerprint density at radius 2 is 1.83 bits per heavy atom. The molecular weight excluding hydrogens is 236 g/mol. The zero-order chi connectivity index (χ0) is 13.8. The summed E-state index contributed by atoms with van der Waals surface area (Å²) in [6, 6.07) is -0.644. The fourth-order valence-corrected chi connectivity index (χ4v) is 2.30. The number of amides is 2. The van der Waals surface area contributed by atoms with Gasteiger partial charge < -0.3 is 15.7 Å². The molecule has 0 bridgehead atoms. The Bertz CT molecular complexity index is 348. The molecule has 6 nitrogen and oxygen atoms in total. The molecule has 0 heterocycles. The fourth-order valence-electron chi connectivity index (χ4n) is 2.30. The van der Waals surface area contributed by atoms with Crippen molar-refractivity contribution in [2.24, 2.45) is 5.41 Å². The van der Waals surface area contributed by atoms with Crippen molar-refractivity contribution in [1.29, 1.82) is 0 Å². The number of carbonyl (C=O) groups excluding carboxylic acids is 2. The van der Waals surface area contributed by atoms with Crippen LogP contribution < -0.4 is 10.6 Å². The Labute approximate surface area is 106 Å². The van der Waals surface area contributed by atoms with E-state index in [1.54, 1.807) is 6.92 Å². The Morgan fingerprint density at radius 3 is 2.28 bits per heavy atom. The van der Waals surface area contributed by atoms with Crippen LogP contribution in [0.25, 0.3) is 0 Å². The molecule has 1 unspecified atom stereocenters. The van der Waals surface area contributed by atoms with Crippen LogP contribution in [0.4, 0.5) is 0 Å². The molecule has 0 radical (unpaired) electrons. The second-order valence-electron chi connectivity index (χ2n) is 4.93. The minimum atomic E-state index is -0.854. The quantitative estimate of drug-likeness (QED) is 0.658. The van der Waals surface area contributed by atoms with Crippen LogP contribution in [-0.2, 0) is 14.4 Å². The lowest BCUT2D eigenvalue weighted by Crippen LogP contribution is -2.48. The summed E-state index contributed by atoms with van der Waals surface area (Å²) in [4.78, 5) is 33.7. The van der Waals surface area contributed by atoms with E-state index in [1.165, 1.54) is 6.92 Å². The van der Waals surface area contributed by atoms with Crippen molar-refractivity contribution in [1.82, 2.24) is 10.6 Å². The fraction of sp³-hybridized carbons (Fsp3) is 0.750. The number of nitrogens with one attached hydrogen (secondary N) is 2. The van der Waals surface area contributed by atoms with Gasteiger partial charge in [-0.2, -0.15) is 0 Å². The molecule has 0 aromatic rings. The number of carboxylic acid groups (broad SMARTS) is 1. The van der Waals surface area contributed by atoms with Gasteiger partial charge in [0, 0.05) is 13.5 Å². The number of rotatable bonds is 5. The smallest absolute Gasteiger partial charge is 0.311 e. The molecular formula is C12H20N2O4. The minimum Gasteiger partial charge on any atom is -0.481 e. The maximum atomic E-state index is 11.7. The monoisotopic (exact) mass is 256 g/mol. The van der Waals surface area contributed by atoms with Gasteiger partial charge in [-0.1, -0.05) is 12.8 Å². The molecule has 1 aliphatic carbocycles. The molecule has 2 amide bonds. The largest absolute Gasteiger partial charge is 0.481 e. The van der Waals surface area contributed by atoms with E-state index < -0.39 is 17.4 Å². The van der Waals surface area contributed by atoms with Gasteiger partial charge in [0.1, 0.15) is 6.04 Å². The van der Waals surface area contributed by atoms with Crippen molar-refractivity contribution >= 4 is 17.8 Å². The molecule has 1 aliphatic rings. The van der Waals surface area contributed by atoms with Crippen molar-refractivity contribution < 1.29 is 19.5 Å². The summed E-state index contributed by atoms with van der Waals surface area (Å²) in [6.07, 6.45) is 2.95. The predicted molar refractivity (Wildman–Crippen MR) is 64.8 cm³/mol. The average Bonchev–Trinajstić information content (AvgIpc) is 2.74. The van der Waals surface area contributed by atoms with E-state index in [-0.39, 0.29) is 18.4 Å². The molecule has 1 rings (SSSR count). The first kappa shape index (κ1) is 14.5. The third-order valence-corrected chi connectivity index (χ3v) is 3.43. The van der Waals surface area contributed by atoms with Gasteiger partial charge >= 0.3 is 5.97 Å². The van der Waals surface area contributed by atoms with Crippen LogP contribution in [0, 0.1) is 5.41 Å². The van der Waals surface area contributed by atoms with Gasteiger partial charge in [0.15, 0.2) is 0 Å². The standard InChI is InChI=1S/C12H20N2O4/c1-8(14-9(2)15)10(16)13-7-12(11(17)18)5-3-4-6-12/h8H,3-7H2,1-2H3,(H,13,16)(H,14,15)(H,17,18). The van der Waals surface area contributed by atoms with Crippen LogP contribution in [0.3, 0.4) is 0 Å². The number of hydrogen-bond donors (Lipinski definition) is 3. The Balaban J connectivity index is 2.50. The average molecular weight is 256 g/mol. The van der Waals surface area contributed by atoms with Gasteiger partial charge in [-0.3, -0.25) is 14.4 Å². The molecule has 3 N–H and O–H groups in total. The zero-order valence-electron chi connectivity index (χ0n) is 10.8. The van der Waals surface area contributed by atoms with Gasteiger partial charge in [-0.25, -0.2) is 0 Å². The topological polar surface area (TPSA) is 95.5 Å². The SMILES string of the molecule is CC(=O)NC(C)C(=O)NCC1(C(=O)O)CCCC1. The minimum absolute atomic E-state index is 0.130. The number of carbonyl (C=O) groups is 3. The van der Waals surface area contributed by atoms with Crippen molar-refractivity contribution in [2.45, 2.75) is 45.6 Å². The van der Waals surface area contributed by atoms with E-state index in [4.69, 9.17) is 0 Å². The Kier molecular flexibility index (Phi) is 4.69. The van der Waals surface area contributed by atoms with Gasteiger partial charge in [0.25, 0.3) is 0 Å². The molecule has 0 spiro atoms. The maximum absolute atomic E-state index is 11.7. The lowest BCUT2D eigenvalue weighted by Gasteiger charge is -2.25. The highest BCUT2D eigenvalue weighted by Crippen LogP contribution is 2.37. The Hall–Kier alpha value is -1.59. The second kappa shape index (κ2) is 5.84. The highest BCUT2D eigenvalue weighted by Gasteiger charge is 2.41. The van der Waals surface area contributed by atoms with Crippen LogP contribution in [-0.4, -0.2) is 35.5 Å². The molecule has 0 aliphatic heterocycles. The van der Waals surface area contributed by atoms with E-state index in [0.29, 0.717) is 12.8 Å². The van der Waals surface area contributed by atoms with E-state index in [2.05, 4.69) is 10.6 Å². The van der Waals surface area contributed by atoms with Crippen molar-refractivity contribution in [3.05, 3.63) is 0 Å². The molecule has 6 heteroatoms. The first-order chi connectivity index (χ1) is 8.37. The summed E-state index contributed by atoms with van der Waals surface area (Å²) in [5.41, 5.74) is -0.828. The van der Waals surface area contributed by atoms with Crippen LogP contribution in [0.15, 0.2) is 0 Å². The van der Waals surface area contributed by atoms with Crippen LogP contribution in [0.5, 0.6) is 0 Å². The normalized spacial score (nSPS) is 19.0. The van der Waals surface area contributed by atoms with Crippen molar-refractivity contribution in [3.8, 4) is 0 Å². The lowest BCUT2D eigenvalue weighted by atomic mass is 9.86. The molecule has 0 aromatic carbocycles. The molecule has 0 saturated heterocycles. The highest BCUT2D eigenvalue weighted by molar-refractivity contribution is 5.87. The summed E-state index contributed by atoms with van der Waals surface area (Å²) >= 11 is 0. The van der Waals surface area contributed by atoms with Gasteiger partial charge in [0.05, 0.1) is 5.41 Å². The predicted octanol–water partition coefficient (Wildman–Crippen LogP) is 0.272. The molecule has 0 aromatic heterocycles. The van der Waals surface area contributed by atoms with Crippen LogP contribution in [0.1, 0.15) is 39.5 Å². The van der Waals surface area contributed by atoms with Crippen molar-refractivity contribution in [2.75, 3.05) is 6.54 Å². The Morgan fingerprint density at radius 1 is 1.28 bits per heavy atom. The lowest BCUT2D eigenvalue weighted by molar-refractivity contribution is -0.148. The molecule has 1 fully saturated rings.